The van der Waals surface area contributed by atoms with Crippen molar-refractivity contribution in [3.05, 3.63) is 18.1 Å². The van der Waals surface area contributed by atoms with Crippen LogP contribution in [0.3, 0.4) is 0 Å². The summed E-state index contributed by atoms with van der Waals surface area (Å²) in [4.78, 5) is 7.73. The van der Waals surface area contributed by atoms with Crippen LogP contribution in [0.4, 0.5) is 0 Å². The molecule has 0 saturated carbocycles. The smallest absolute Gasteiger partial charge is 0.251 e. The van der Waals surface area contributed by atoms with Gasteiger partial charge < -0.3 is 9.47 Å². The van der Waals surface area contributed by atoms with E-state index >= 15 is 0 Å². The summed E-state index contributed by atoms with van der Waals surface area (Å²) in [5, 5.41) is 8.70. The minimum absolute atomic E-state index is 0.149. The largest absolute Gasteiger partial charge is 0.470 e. The molecule has 0 radical (unpaired) electrons. The zero-order chi connectivity index (χ0) is 10.4. The second-order valence-electron chi connectivity index (χ2n) is 2.71. The molecule has 1 aromatic heterocycles. The summed E-state index contributed by atoms with van der Waals surface area (Å²) in [5.74, 6) is 0.250. The van der Waals surface area contributed by atoms with Gasteiger partial charge in [0, 0.05) is 19.5 Å². The van der Waals surface area contributed by atoms with Gasteiger partial charge in [-0.3, -0.25) is 0 Å². The van der Waals surface area contributed by atoms with Crippen LogP contribution in [0.25, 0.3) is 0 Å². The fraction of sp³-hybridized carbons (Fsp3) is 0.444. The van der Waals surface area contributed by atoms with Gasteiger partial charge in [-0.15, -0.1) is 0 Å². The first-order valence-corrected chi connectivity index (χ1v) is 4.14. The summed E-state index contributed by atoms with van der Waals surface area (Å²) in [6.07, 6.45) is 2.78. The molecule has 0 saturated heterocycles. The van der Waals surface area contributed by atoms with Crippen molar-refractivity contribution in [1.29, 1.82) is 5.26 Å². The summed E-state index contributed by atoms with van der Waals surface area (Å²) in [5.41, 5.74) is 0.190. The summed E-state index contributed by atoms with van der Waals surface area (Å²) < 4.78 is 10.2. The third-order valence-corrected chi connectivity index (χ3v) is 1.48. The highest BCUT2D eigenvalue weighted by atomic mass is 16.5. The molecule has 0 aromatic carbocycles. The maximum Gasteiger partial charge on any atom is 0.251 e. The van der Waals surface area contributed by atoms with Gasteiger partial charge in [-0.25, -0.2) is 9.97 Å². The number of hydrogen-bond acceptors (Lipinski definition) is 5. The van der Waals surface area contributed by atoms with Crippen molar-refractivity contribution < 1.29 is 9.47 Å². The van der Waals surface area contributed by atoms with Crippen molar-refractivity contribution in [1.82, 2.24) is 9.97 Å². The van der Waals surface area contributed by atoms with Gasteiger partial charge >= 0.3 is 0 Å². The van der Waals surface area contributed by atoms with Crippen LogP contribution in [-0.2, 0) is 4.74 Å². The topological polar surface area (TPSA) is 68.0 Å². The standard InChI is InChI=1S/C9H11N3O2/c1-7(6-13-2)14-9-8(5-10)11-3-4-12-9/h3-4,7H,6H2,1-2H3. The quantitative estimate of drug-likeness (QED) is 0.706. The van der Waals surface area contributed by atoms with Gasteiger partial charge in [0.1, 0.15) is 12.2 Å². The minimum atomic E-state index is -0.149. The Morgan fingerprint density at radius 2 is 2.21 bits per heavy atom. The maximum atomic E-state index is 8.70. The van der Waals surface area contributed by atoms with Gasteiger partial charge in [-0.1, -0.05) is 0 Å². The summed E-state index contributed by atoms with van der Waals surface area (Å²) >= 11 is 0. The monoisotopic (exact) mass is 193 g/mol. The summed E-state index contributed by atoms with van der Waals surface area (Å²) in [6.45, 7) is 2.28. The molecule has 0 aliphatic heterocycles. The maximum absolute atomic E-state index is 8.70. The van der Waals surface area contributed by atoms with Crippen molar-refractivity contribution in [3.63, 3.8) is 0 Å². The number of aromatic nitrogens is 2. The zero-order valence-corrected chi connectivity index (χ0v) is 8.10. The predicted octanol–water partition coefficient (Wildman–Crippen LogP) is 0.762. The number of hydrogen-bond donors (Lipinski definition) is 0. The van der Waals surface area contributed by atoms with E-state index in [4.69, 9.17) is 14.7 Å². The Hall–Kier alpha value is -1.67. The molecule has 0 bridgehead atoms. The highest BCUT2D eigenvalue weighted by molar-refractivity contribution is 5.29. The van der Waals surface area contributed by atoms with E-state index in [1.54, 1.807) is 7.11 Å². The number of ether oxygens (including phenoxy) is 2. The lowest BCUT2D eigenvalue weighted by molar-refractivity contribution is 0.0884. The molecule has 1 rings (SSSR count). The molecule has 1 atom stereocenters. The van der Waals surface area contributed by atoms with Crippen LogP contribution in [0.15, 0.2) is 12.4 Å². The van der Waals surface area contributed by atoms with E-state index in [0.717, 1.165) is 0 Å². The Kier molecular flexibility index (Phi) is 3.83. The van der Waals surface area contributed by atoms with Gasteiger partial charge in [-0.05, 0) is 6.92 Å². The molecule has 5 nitrogen and oxygen atoms in total. The van der Waals surface area contributed by atoms with Crippen molar-refractivity contribution in [3.8, 4) is 11.9 Å². The molecule has 5 heteroatoms. The van der Waals surface area contributed by atoms with E-state index in [1.165, 1.54) is 12.4 Å². The fourth-order valence-electron chi connectivity index (χ4n) is 0.947. The lowest BCUT2D eigenvalue weighted by atomic mass is 10.4. The van der Waals surface area contributed by atoms with Crippen LogP contribution in [0, 0.1) is 11.3 Å². The van der Waals surface area contributed by atoms with Gasteiger partial charge in [-0.2, -0.15) is 5.26 Å². The van der Waals surface area contributed by atoms with Gasteiger partial charge in [0.05, 0.1) is 6.61 Å². The van der Waals surface area contributed by atoms with E-state index in [1.807, 2.05) is 13.0 Å². The van der Waals surface area contributed by atoms with Crippen molar-refractivity contribution >= 4 is 0 Å². The Labute approximate surface area is 82.3 Å². The van der Waals surface area contributed by atoms with E-state index in [-0.39, 0.29) is 17.7 Å². The second-order valence-corrected chi connectivity index (χ2v) is 2.71. The molecule has 14 heavy (non-hydrogen) atoms. The third kappa shape index (κ3) is 2.68. The SMILES string of the molecule is COCC(C)Oc1nccnc1C#N. The average molecular weight is 193 g/mol. The van der Waals surface area contributed by atoms with Crippen LogP contribution in [0.5, 0.6) is 5.88 Å². The lowest BCUT2D eigenvalue weighted by Gasteiger charge is -2.12. The van der Waals surface area contributed by atoms with E-state index < -0.39 is 0 Å². The van der Waals surface area contributed by atoms with Gasteiger partial charge in [0.25, 0.3) is 5.88 Å². The molecular weight excluding hydrogens is 182 g/mol. The molecule has 0 fully saturated rings. The second kappa shape index (κ2) is 5.14. The molecule has 0 amide bonds. The van der Waals surface area contributed by atoms with Gasteiger partial charge in [0.15, 0.2) is 0 Å². The number of nitrogens with zero attached hydrogens (tertiary/aromatic N) is 3. The van der Waals surface area contributed by atoms with E-state index in [0.29, 0.717) is 6.61 Å². The highest BCUT2D eigenvalue weighted by Crippen LogP contribution is 2.11. The van der Waals surface area contributed by atoms with E-state index in [2.05, 4.69) is 9.97 Å². The zero-order valence-electron chi connectivity index (χ0n) is 8.10. The summed E-state index contributed by atoms with van der Waals surface area (Å²) in [6, 6.07) is 1.90. The van der Waals surface area contributed by atoms with Crippen LogP contribution < -0.4 is 4.74 Å². The predicted molar refractivity (Wildman–Crippen MR) is 48.7 cm³/mol. The average Bonchev–Trinajstić information content (AvgIpc) is 2.19. The third-order valence-electron chi connectivity index (χ3n) is 1.48. The first kappa shape index (κ1) is 10.4. The molecule has 0 spiro atoms. The Bertz CT molecular complexity index is 335. The molecule has 1 heterocycles. The van der Waals surface area contributed by atoms with Crippen LogP contribution in [0.2, 0.25) is 0 Å². The molecule has 1 unspecified atom stereocenters. The molecule has 1 aromatic rings. The van der Waals surface area contributed by atoms with Crippen molar-refractivity contribution in [2.24, 2.45) is 0 Å². The van der Waals surface area contributed by atoms with Crippen LogP contribution in [-0.4, -0.2) is 29.8 Å². The fourth-order valence-corrected chi connectivity index (χ4v) is 0.947. The Balaban J connectivity index is 2.71. The normalized spacial score (nSPS) is 11.8. The molecular formula is C9H11N3O2. The first-order valence-electron chi connectivity index (χ1n) is 4.14. The first-order chi connectivity index (χ1) is 6.77. The Morgan fingerprint density at radius 3 is 2.86 bits per heavy atom. The highest BCUT2D eigenvalue weighted by Gasteiger charge is 2.09. The van der Waals surface area contributed by atoms with Crippen LogP contribution in [0.1, 0.15) is 12.6 Å². The van der Waals surface area contributed by atoms with Crippen molar-refractivity contribution in [2.75, 3.05) is 13.7 Å². The Morgan fingerprint density at radius 1 is 1.50 bits per heavy atom. The molecule has 74 valence electrons. The summed E-state index contributed by atoms with van der Waals surface area (Å²) in [7, 11) is 1.59. The van der Waals surface area contributed by atoms with Crippen molar-refractivity contribution in [2.45, 2.75) is 13.0 Å². The number of rotatable bonds is 4. The number of nitriles is 1. The lowest BCUT2D eigenvalue weighted by Crippen LogP contribution is -2.19. The van der Waals surface area contributed by atoms with Crippen LogP contribution >= 0.6 is 0 Å². The molecule has 0 N–H and O–H groups in total. The number of methoxy groups -OCH3 is 1. The minimum Gasteiger partial charge on any atom is -0.470 e. The van der Waals surface area contributed by atoms with Gasteiger partial charge in [0.2, 0.25) is 5.69 Å². The molecule has 0 aliphatic carbocycles. The van der Waals surface area contributed by atoms with E-state index in [9.17, 15) is 0 Å². The molecule has 0 aliphatic rings.